The number of aromatic nitrogens is 1. The summed E-state index contributed by atoms with van der Waals surface area (Å²) >= 11 is 11.2. The molecule has 3 nitrogen and oxygen atoms in total. The zero-order chi connectivity index (χ0) is 13.0. The van der Waals surface area contributed by atoms with Gasteiger partial charge in [0.1, 0.15) is 0 Å². The predicted octanol–water partition coefficient (Wildman–Crippen LogP) is 3.59. The number of ether oxygens (including phenoxy) is 1. The molecule has 0 spiro atoms. The van der Waals surface area contributed by atoms with Gasteiger partial charge in [0.05, 0.1) is 34.3 Å². The van der Waals surface area contributed by atoms with Crippen molar-refractivity contribution < 1.29 is 18.3 Å². The van der Waals surface area contributed by atoms with Gasteiger partial charge in [0.15, 0.2) is 0 Å². The molecule has 0 saturated heterocycles. The van der Waals surface area contributed by atoms with Crippen molar-refractivity contribution in [3.8, 4) is 0 Å². The lowest BCUT2D eigenvalue weighted by molar-refractivity contribution is 0.0515. The summed E-state index contributed by atoms with van der Waals surface area (Å²) in [5.74, 6) is -0.986. The normalized spacial score (nSPS) is 10.7. The molecule has 0 unspecified atom stereocenters. The van der Waals surface area contributed by atoms with Crippen LogP contribution in [0, 0.1) is 0 Å². The van der Waals surface area contributed by atoms with Gasteiger partial charge in [-0.15, -0.1) is 11.6 Å². The molecule has 0 amide bonds. The molecule has 1 aromatic rings. The van der Waals surface area contributed by atoms with Gasteiger partial charge in [-0.25, -0.2) is 13.6 Å². The maximum absolute atomic E-state index is 12.8. The molecule has 1 heterocycles. The molecule has 0 aliphatic rings. The molecular weight excluding hydrogens is 275 g/mol. The van der Waals surface area contributed by atoms with Crippen LogP contribution in [0.1, 0.15) is 35.0 Å². The molecule has 1 aromatic heterocycles. The van der Waals surface area contributed by atoms with E-state index < -0.39 is 18.0 Å². The molecule has 17 heavy (non-hydrogen) atoms. The van der Waals surface area contributed by atoms with Crippen LogP contribution >= 0.6 is 23.2 Å². The topological polar surface area (TPSA) is 39.2 Å². The van der Waals surface area contributed by atoms with E-state index >= 15 is 0 Å². The molecule has 7 heteroatoms. The second kappa shape index (κ2) is 6.12. The summed E-state index contributed by atoms with van der Waals surface area (Å²) in [4.78, 5) is 15.2. The third kappa shape index (κ3) is 3.04. The highest BCUT2D eigenvalue weighted by Crippen LogP contribution is 2.32. The summed E-state index contributed by atoms with van der Waals surface area (Å²) in [7, 11) is 0. The number of rotatable bonds is 4. The number of hydrogen-bond acceptors (Lipinski definition) is 3. The molecule has 0 saturated carbocycles. The lowest BCUT2D eigenvalue weighted by atomic mass is 10.1. The fourth-order valence-corrected chi connectivity index (χ4v) is 1.79. The van der Waals surface area contributed by atoms with Gasteiger partial charge in [0, 0.05) is 6.20 Å². The van der Waals surface area contributed by atoms with E-state index in [1.807, 2.05) is 0 Å². The van der Waals surface area contributed by atoms with Crippen LogP contribution in [0.4, 0.5) is 8.78 Å². The van der Waals surface area contributed by atoms with E-state index in [9.17, 15) is 13.6 Å². The zero-order valence-corrected chi connectivity index (χ0v) is 10.4. The molecule has 1 rings (SSSR count). The first-order chi connectivity index (χ1) is 8.02. The summed E-state index contributed by atoms with van der Waals surface area (Å²) in [5, 5.41) is -0.291. The number of pyridine rings is 1. The van der Waals surface area contributed by atoms with Crippen molar-refractivity contribution in [1.29, 1.82) is 0 Å². The number of carbonyl (C=O) groups is 1. The highest BCUT2D eigenvalue weighted by molar-refractivity contribution is 6.33. The number of nitrogens with zero attached hydrogens (tertiary/aromatic N) is 1. The van der Waals surface area contributed by atoms with Crippen LogP contribution in [-0.4, -0.2) is 17.6 Å². The Morgan fingerprint density at radius 1 is 1.59 bits per heavy atom. The van der Waals surface area contributed by atoms with Gasteiger partial charge < -0.3 is 4.74 Å². The monoisotopic (exact) mass is 283 g/mol. The van der Waals surface area contributed by atoms with Crippen molar-refractivity contribution in [1.82, 2.24) is 4.98 Å². The molecule has 0 radical (unpaired) electrons. The van der Waals surface area contributed by atoms with E-state index in [4.69, 9.17) is 23.2 Å². The summed E-state index contributed by atoms with van der Waals surface area (Å²) in [5.41, 5.74) is -0.812. The van der Waals surface area contributed by atoms with Crippen molar-refractivity contribution >= 4 is 29.2 Å². The van der Waals surface area contributed by atoms with E-state index in [1.165, 1.54) is 0 Å². The fraction of sp³-hybridized carbons (Fsp3) is 0.400. The Balaban J connectivity index is 3.31. The van der Waals surface area contributed by atoms with Crippen molar-refractivity contribution in [2.45, 2.75) is 19.2 Å². The van der Waals surface area contributed by atoms with E-state index in [-0.39, 0.29) is 28.8 Å². The van der Waals surface area contributed by atoms with E-state index in [0.717, 1.165) is 6.20 Å². The molecule has 0 fully saturated rings. The van der Waals surface area contributed by atoms with Gasteiger partial charge in [0.25, 0.3) is 6.43 Å². The number of carbonyl (C=O) groups excluding carboxylic acids is 1. The Bertz CT molecular complexity index is 427. The van der Waals surface area contributed by atoms with E-state index in [2.05, 4.69) is 9.72 Å². The van der Waals surface area contributed by atoms with Crippen molar-refractivity contribution in [2.75, 3.05) is 6.61 Å². The summed E-state index contributed by atoms with van der Waals surface area (Å²) in [6.07, 6.45) is -1.89. The van der Waals surface area contributed by atoms with Gasteiger partial charge in [0.2, 0.25) is 0 Å². The van der Waals surface area contributed by atoms with E-state index in [1.54, 1.807) is 6.92 Å². The van der Waals surface area contributed by atoms with Gasteiger partial charge in [-0.05, 0) is 6.92 Å². The maximum Gasteiger partial charge on any atom is 0.340 e. The first-order valence-electron chi connectivity index (χ1n) is 4.71. The third-order valence-corrected chi connectivity index (χ3v) is 2.64. The lowest BCUT2D eigenvalue weighted by Gasteiger charge is -2.11. The molecule has 0 atom stereocenters. The molecule has 0 aliphatic heterocycles. The quantitative estimate of drug-likeness (QED) is 0.626. The number of hydrogen-bond donors (Lipinski definition) is 0. The molecule has 0 aliphatic carbocycles. The average Bonchev–Trinajstić information content (AvgIpc) is 2.28. The summed E-state index contributed by atoms with van der Waals surface area (Å²) in [6.45, 7) is 1.65. The van der Waals surface area contributed by atoms with Gasteiger partial charge in [-0.1, -0.05) is 11.6 Å². The SMILES string of the molecule is CCOC(=O)c1cnc(CCl)c(Cl)c1C(F)F. The first-order valence-corrected chi connectivity index (χ1v) is 5.62. The second-order valence-electron chi connectivity index (χ2n) is 3.00. The van der Waals surface area contributed by atoms with Crippen molar-refractivity contribution in [3.05, 3.63) is 28.0 Å². The molecule has 0 bridgehead atoms. The number of alkyl halides is 3. The van der Waals surface area contributed by atoms with Crippen molar-refractivity contribution in [3.63, 3.8) is 0 Å². The maximum atomic E-state index is 12.8. The number of esters is 1. The van der Waals surface area contributed by atoms with Crippen molar-refractivity contribution in [2.24, 2.45) is 0 Å². The Hall–Kier alpha value is -0.940. The fourth-order valence-electron chi connectivity index (χ4n) is 1.22. The Morgan fingerprint density at radius 3 is 2.71 bits per heavy atom. The Labute approximate surface area is 107 Å². The average molecular weight is 284 g/mol. The Kier molecular flexibility index (Phi) is 5.08. The smallest absolute Gasteiger partial charge is 0.340 e. The van der Waals surface area contributed by atoms with Crippen LogP contribution in [0.2, 0.25) is 5.02 Å². The van der Waals surface area contributed by atoms with Gasteiger partial charge in [-0.2, -0.15) is 0 Å². The standard InChI is InChI=1S/C10H9Cl2F2NO2/c1-2-17-10(16)5-4-15-6(3-11)8(12)7(5)9(13)14/h4,9H,2-3H2,1H3. The minimum atomic E-state index is -2.90. The minimum Gasteiger partial charge on any atom is -0.462 e. The van der Waals surface area contributed by atoms with Crippen LogP contribution in [0.5, 0.6) is 0 Å². The Morgan fingerprint density at radius 2 is 2.24 bits per heavy atom. The lowest BCUT2D eigenvalue weighted by Crippen LogP contribution is -2.11. The zero-order valence-electron chi connectivity index (χ0n) is 8.84. The van der Waals surface area contributed by atoms with Crippen LogP contribution in [0.15, 0.2) is 6.20 Å². The minimum absolute atomic E-state index is 0.0798. The van der Waals surface area contributed by atoms with Crippen LogP contribution in [0.3, 0.4) is 0 Å². The van der Waals surface area contributed by atoms with E-state index in [0.29, 0.717) is 0 Å². The highest BCUT2D eigenvalue weighted by Gasteiger charge is 2.25. The molecular formula is C10H9Cl2F2NO2. The van der Waals surface area contributed by atoms with Crippen LogP contribution in [-0.2, 0) is 10.6 Å². The molecule has 0 N–H and O–H groups in total. The van der Waals surface area contributed by atoms with Crippen LogP contribution in [0.25, 0.3) is 0 Å². The first kappa shape index (κ1) is 14.1. The largest absolute Gasteiger partial charge is 0.462 e. The van der Waals surface area contributed by atoms with Crippen LogP contribution < -0.4 is 0 Å². The molecule has 94 valence electrons. The third-order valence-electron chi connectivity index (χ3n) is 1.97. The number of halogens is 4. The summed E-state index contributed by atoms with van der Waals surface area (Å²) in [6, 6.07) is 0. The van der Waals surface area contributed by atoms with Gasteiger partial charge in [-0.3, -0.25) is 4.98 Å². The van der Waals surface area contributed by atoms with Gasteiger partial charge >= 0.3 is 5.97 Å². The highest BCUT2D eigenvalue weighted by atomic mass is 35.5. The predicted molar refractivity (Wildman–Crippen MR) is 59.7 cm³/mol. The second-order valence-corrected chi connectivity index (χ2v) is 3.65. The summed E-state index contributed by atoms with van der Waals surface area (Å²) < 4.78 is 30.3. The molecule has 0 aromatic carbocycles.